The normalized spacial score (nSPS) is 20.0. The van der Waals surface area contributed by atoms with Crippen LogP contribution < -0.4 is 9.47 Å². The Kier molecular flexibility index (Phi) is 7.04. The summed E-state index contributed by atoms with van der Waals surface area (Å²) >= 11 is 0. The number of imidazole rings is 1. The summed E-state index contributed by atoms with van der Waals surface area (Å²) < 4.78 is 13.4. The maximum atomic E-state index is 13.4. The summed E-state index contributed by atoms with van der Waals surface area (Å²) in [6.45, 7) is 8.94. The van der Waals surface area contributed by atoms with Gasteiger partial charge in [-0.05, 0) is 44.0 Å². The molecule has 4 rings (SSSR count). The number of aromatic nitrogens is 2. The Morgan fingerprint density at radius 2 is 1.81 bits per heavy atom. The van der Waals surface area contributed by atoms with E-state index in [0.29, 0.717) is 12.5 Å². The van der Waals surface area contributed by atoms with Gasteiger partial charge in [-0.3, -0.25) is 4.79 Å². The van der Waals surface area contributed by atoms with Crippen LogP contribution in [-0.2, 0) is 11.2 Å². The molecule has 1 amide bonds. The predicted molar refractivity (Wildman–Crippen MR) is 125 cm³/mol. The molecule has 2 unspecified atom stereocenters. The minimum atomic E-state index is -0.0995. The molecule has 7 heteroatoms. The largest absolute Gasteiger partial charge is 0.497 e. The molecule has 2 atom stereocenters. The molecule has 1 aromatic carbocycles. The third-order valence-corrected chi connectivity index (χ3v) is 7.05. The van der Waals surface area contributed by atoms with Crippen molar-refractivity contribution in [1.82, 2.24) is 19.4 Å². The van der Waals surface area contributed by atoms with Crippen LogP contribution in [0.3, 0.4) is 0 Å². The van der Waals surface area contributed by atoms with E-state index >= 15 is 0 Å². The van der Waals surface area contributed by atoms with Gasteiger partial charge in [-0.25, -0.2) is 4.98 Å². The minimum absolute atomic E-state index is 0.0995. The smallest absolute Gasteiger partial charge is 0.223 e. The van der Waals surface area contributed by atoms with Crippen molar-refractivity contribution in [2.24, 2.45) is 0 Å². The number of fused-ring (bicyclic) bond motifs is 1. The van der Waals surface area contributed by atoms with Crippen molar-refractivity contribution in [3.8, 4) is 11.5 Å². The molecule has 0 spiro atoms. The summed E-state index contributed by atoms with van der Waals surface area (Å²) in [5.41, 5.74) is 2.14. The topological polar surface area (TPSA) is 59.8 Å². The van der Waals surface area contributed by atoms with Gasteiger partial charge in [0.05, 0.1) is 14.2 Å². The maximum absolute atomic E-state index is 13.4. The Balaban J connectivity index is 1.68. The highest BCUT2D eigenvalue weighted by Gasteiger charge is 2.30. The number of hydrogen-bond donors (Lipinski definition) is 0. The Hall–Kier alpha value is -2.54. The van der Waals surface area contributed by atoms with Crippen molar-refractivity contribution >= 4 is 5.91 Å². The molecule has 1 fully saturated rings. The number of nitrogens with zero attached hydrogens (tertiary/aromatic N) is 4. The van der Waals surface area contributed by atoms with Gasteiger partial charge < -0.3 is 23.8 Å². The lowest BCUT2D eigenvalue weighted by Gasteiger charge is -2.35. The first-order valence-electron chi connectivity index (χ1n) is 11.8. The molecule has 7 nitrogen and oxygen atoms in total. The van der Waals surface area contributed by atoms with Gasteiger partial charge in [-0.1, -0.05) is 6.92 Å². The zero-order chi connectivity index (χ0) is 22.7. The van der Waals surface area contributed by atoms with Crippen LogP contribution >= 0.6 is 0 Å². The molecule has 32 heavy (non-hydrogen) atoms. The van der Waals surface area contributed by atoms with Crippen molar-refractivity contribution in [3.05, 3.63) is 41.5 Å². The highest BCUT2D eigenvalue weighted by atomic mass is 16.5. The molecule has 2 aliphatic heterocycles. The number of ether oxygens (including phenoxy) is 2. The standard InChI is InChI=1S/C25H36N4O3/c1-5-27-9-11-28(12-10-27)25(30)16-22(19-13-20(31-3)15-21(14-19)32-4)23-17-26-24-8-6-7-18(2)29(23)24/h13-15,17-18,22H,5-12,16H2,1-4H3. The lowest BCUT2D eigenvalue weighted by atomic mass is 9.90. The molecule has 3 heterocycles. The summed E-state index contributed by atoms with van der Waals surface area (Å²) in [4.78, 5) is 22.6. The number of likely N-dealkylation sites (N-methyl/N-ethyl adjacent to an activating group) is 1. The van der Waals surface area contributed by atoms with Gasteiger partial charge in [0, 0.05) is 68.9 Å². The summed E-state index contributed by atoms with van der Waals surface area (Å²) in [6.07, 6.45) is 5.69. The number of rotatable bonds is 7. The average molecular weight is 441 g/mol. The van der Waals surface area contributed by atoms with Crippen LogP contribution in [0.1, 0.15) is 62.2 Å². The second-order valence-electron chi connectivity index (χ2n) is 8.93. The fourth-order valence-corrected chi connectivity index (χ4v) is 5.09. The first-order chi connectivity index (χ1) is 15.5. The molecular weight excluding hydrogens is 404 g/mol. The first kappa shape index (κ1) is 22.6. The Bertz CT molecular complexity index is 911. The van der Waals surface area contributed by atoms with Crippen LogP contribution in [0.25, 0.3) is 0 Å². The summed E-state index contributed by atoms with van der Waals surface area (Å²) in [6, 6.07) is 6.32. The van der Waals surface area contributed by atoms with E-state index in [4.69, 9.17) is 14.5 Å². The number of aryl methyl sites for hydroxylation is 1. The lowest BCUT2D eigenvalue weighted by molar-refractivity contribution is -0.133. The van der Waals surface area contributed by atoms with E-state index in [1.165, 1.54) is 0 Å². The fraction of sp³-hybridized carbons (Fsp3) is 0.600. The molecule has 2 aromatic rings. The van der Waals surface area contributed by atoms with Crippen LogP contribution in [-0.4, -0.2) is 72.2 Å². The Morgan fingerprint density at radius 3 is 2.44 bits per heavy atom. The van der Waals surface area contributed by atoms with Crippen molar-refractivity contribution in [2.75, 3.05) is 46.9 Å². The third-order valence-electron chi connectivity index (χ3n) is 7.05. The molecule has 1 aromatic heterocycles. The maximum Gasteiger partial charge on any atom is 0.223 e. The number of piperazine rings is 1. The zero-order valence-corrected chi connectivity index (χ0v) is 19.8. The molecular formula is C25H36N4O3. The van der Waals surface area contributed by atoms with Gasteiger partial charge in [0.1, 0.15) is 17.3 Å². The molecule has 174 valence electrons. The van der Waals surface area contributed by atoms with Crippen molar-refractivity contribution in [3.63, 3.8) is 0 Å². The van der Waals surface area contributed by atoms with Crippen LogP contribution in [0, 0.1) is 0 Å². The number of amides is 1. The van der Waals surface area contributed by atoms with Gasteiger partial charge in [0.25, 0.3) is 0 Å². The number of carbonyl (C=O) groups excluding carboxylic acids is 1. The van der Waals surface area contributed by atoms with E-state index in [-0.39, 0.29) is 11.8 Å². The highest BCUT2D eigenvalue weighted by Crippen LogP contribution is 2.37. The second-order valence-corrected chi connectivity index (χ2v) is 8.93. The average Bonchev–Trinajstić information content (AvgIpc) is 3.27. The number of methoxy groups -OCH3 is 2. The number of hydrogen-bond acceptors (Lipinski definition) is 5. The summed E-state index contributed by atoms with van der Waals surface area (Å²) in [5, 5.41) is 0. The van der Waals surface area contributed by atoms with Gasteiger partial charge in [0.15, 0.2) is 0 Å². The van der Waals surface area contributed by atoms with Gasteiger partial charge >= 0.3 is 0 Å². The molecule has 0 radical (unpaired) electrons. The monoisotopic (exact) mass is 440 g/mol. The van der Waals surface area contributed by atoms with E-state index in [1.807, 2.05) is 29.3 Å². The van der Waals surface area contributed by atoms with Gasteiger partial charge in [-0.2, -0.15) is 0 Å². The molecule has 0 aliphatic carbocycles. The molecule has 0 bridgehead atoms. The lowest BCUT2D eigenvalue weighted by Crippen LogP contribution is -2.48. The van der Waals surface area contributed by atoms with Gasteiger partial charge in [-0.15, -0.1) is 0 Å². The third kappa shape index (κ3) is 4.63. The van der Waals surface area contributed by atoms with Crippen molar-refractivity contribution in [1.29, 1.82) is 0 Å². The Morgan fingerprint density at radius 1 is 1.12 bits per heavy atom. The summed E-state index contributed by atoms with van der Waals surface area (Å²) in [5.74, 6) is 2.70. The van der Waals surface area contributed by atoms with Gasteiger partial charge in [0.2, 0.25) is 5.91 Å². The Labute approximate surface area is 191 Å². The van der Waals surface area contributed by atoms with Crippen LogP contribution in [0.15, 0.2) is 24.4 Å². The zero-order valence-electron chi connectivity index (χ0n) is 19.8. The second kappa shape index (κ2) is 9.94. The van der Waals surface area contributed by atoms with Crippen molar-refractivity contribution < 1.29 is 14.3 Å². The van der Waals surface area contributed by atoms with E-state index in [9.17, 15) is 4.79 Å². The summed E-state index contributed by atoms with van der Waals surface area (Å²) in [7, 11) is 3.32. The van der Waals surface area contributed by atoms with Crippen LogP contribution in [0.5, 0.6) is 11.5 Å². The molecule has 0 N–H and O–H groups in total. The number of carbonyl (C=O) groups is 1. The molecule has 1 saturated heterocycles. The van der Waals surface area contributed by atoms with Crippen LogP contribution in [0.2, 0.25) is 0 Å². The quantitative estimate of drug-likeness (QED) is 0.660. The van der Waals surface area contributed by atoms with Crippen LogP contribution in [0.4, 0.5) is 0 Å². The van der Waals surface area contributed by atoms with E-state index < -0.39 is 0 Å². The van der Waals surface area contributed by atoms with E-state index in [1.54, 1.807) is 14.2 Å². The van der Waals surface area contributed by atoms with E-state index in [0.717, 1.165) is 80.6 Å². The van der Waals surface area contributed by atoms with E-state index in [2.05, 4.69) is 23.3 Å². The molecule has 0 saturated carbocycles. The first-order valence-corrected chi connectivity index (χ1v) is 11.8. The van der Waals surface area contributed by atoms with Crippen molar-refractivity contribution in [2.45, 2.75) is 51.5 Å². The molecule has 2 aliphatic rings. The SMILES string of the molecule is CCN1CCN(C(=O)CC(c2cc(OC)cc(OC)c2)c2cnc3n2C(C)CCC3)CC1. The minimum Gasteiger partial charge on any atom is -0.497 e. The fourth-order valence-electron chi connectivity index (χ4n) is 5.09. The number of benzene rings is 1. The predicted octanol–water partition coefficient (Wildman–Crippen LogP) is 3.48. The highest BCUT2D eigenvalue weighted by molar-refractivity contribution is 5.78.